The van der Waals surface area contributed by atoms with Gasteiger partial charge in [-0.05, 0) is 52.4 Å². The summed E-state index contributed by atoms with van der Waals surface area (Å²) in [7, 11) is 0. The Hall–Kier alpha value is -3.18. The molecule has 0 rings (SSSR count). The Labute approximate surface area is 244 Å². The smallest absolute Gasteiger partial charge is 0.407 e. The second kappa shape index (κ2) is 20.7. The molecule has 41 heavy (non-hydrogen) atoms. The summed E-state index contributed by atoms with van der Waals surface area (Å²) in [6.07, 6.45) is 4.45. The Kier molecular flexibility index (Phi) is 19.1. The lowest BCUT2D eigenvalue weighted by Crippen LogP contribution is -2.55. The molecule has 0 saturated carbocycles. The molecule has 0 fully saturated rings. The minimum Gasteiger partial charge on any atom is -0.466 e. The van der Waals surface area contributed by atoms with Crippen molar-refractivity contribution in [2.45, 2.75) is 124 Å². The predicted molar refractivity (Wildman–Crippen MR) is 155 cm³/mol. The summed E-state index contributed by atoms with van der Waals surface area (Å²) in [6.45, 7) is 12.6. The fourth-order valence-electron chi connectivity index (χ4n) is 3.69. The Balaban J connectivity index is 4.92. The van der Waals surface area contributed by atoms with Crippen molar-refractivity contribution in [2.24, 2.45) is 5.92 Å². The molecule has 0 aliphatic heterocycles. The van der Waals surface area contributed by atoms with Crippen LogP contribution in [0.4, 0.5) is 4.79 Å². The maximum atomic E-state index is 12.9. The minimum atomic E-state index is -0.972. The van der Waals surface area contributed by atoms with Crippen LogP contribution in [0.15, 0.2) is 0 Å². The van der Waals surface area contributed by atoms with Gasteiger partial charge in [-0.25, -0.2) is 4.79 Å². The van der Waals surface area contributed by atoms with E-state index >= 15 is 0 Å². The topological polar surface area (TPSA) is 169 Å². The maximum Gasteiger partial charge on any atom is 0.407 e. The quantitative estimate of drug-likeness (QED) is 0.125. The molecule has 0 spiro atoms. The Morgan fingerprint density at radius 3 is 2.07 bits per heavy atom. The molecule has 12 heteroatoms. The zero-order valence-corrected chi connectivity index (χ0v) is 26.0. The highest BCUT2D eigenvalue weighted by Crippen LogP contribution is 2.08. The first-order chi connectivity index (χ1) is 19.2. The number of amides is 4. The fraction of sp³-hybridized carbons (Fsp3) is 0.793. The van der Waals surface area contributed by atoms with Crippen LogP contribution in [-0.4, -0.2) is 72.9 Å². The maximum absolute atomic E-state index is 12.9. The summed E-state index contributed by atoms with van der Waals surface area (Å²) in [5.41, 5.74) is -0.621. The van der Waals surface area contributed by atoms with Crippen LogP contribution < -0.4 is 21.3 Å². The van der Waals surface area contributed by atoms with Gasteiger partial charge in [-0.2, -0.15) is 0 Å². The van der Waals surface area contributed by atoms with Crippen LogP contribution in [-0.2, 0) is 33.4 Å². The average Bonchev–Trinajstić information content (AvgIpc) is 2.86. The van der Waals surface area contributed by atoms with Crippen LogP contribution in [0.2, 0.25) is 0 Å². The van der Waals surface area contributed by atoms with E-state index in [1.165, 1.54) is 6.92 Å². The minimum absolute atomic E-state index is 0.0694. The van der Waals surface area contributed by atoms with Crippen molar-refractivity contribution in [2.75, 3.05) is 19.7 Å². The third-order valence-electron chi connectivity index (χ3n) is 5.86. The molecule has 0 aromatic heterocycles. The first-order valence-electron chi connectivity index (χ1n) is 14.7. The number of Topliss-reactive ketones (excluding diaryl/α,β-unsaturated/α-hetero) is 1. The van der Waals surface area contributed by atoms with Crippen molar-refractivity contribution >= 4 is 35.6 Å². The van der Waals surface area contributed by atoms with Crippen molar-refractivity contribution in [1.29, 1.82) is 0 Å². The van der Waals surface area contributed by atoms with Gasteiger partial charge in [0.1, 0.15) is 17.7 Å². The van der Waals surface area contributed by atoms with Crippen molar-refractivity contribution in [1.82, 2.24) is 21.3 Å². The highest BCUT2D eigenvalue weighted by atomic mass is 16.6. The standard InChI is InChI=1S/C29H52N4O8/c1-8-9-10-13-18-40-24(36)16-15-22(35)19-31-26(37)23(33-27(38)25(20(2)3)32-21(4)34)14-11-12-17-30-28(39)41-29(5,6)7/h20,23,25H,8-19H2,1-7H3,(H,30,39)(H,31,37)(H,32,34)(H,33,38)/t23-,25-/m0/s1. The molecule has 0 aromatic carbocycles. The number of hydrogen-bond acceptors (Lipinski definition) is 8. The molecule has 0 unspecified atom stereocenters. The van der Waals surface area contributed by atoms with Gasteiger partial charge >= 0.3 is 12.1 Å². The van der Waals surface area contributed by atoms with Gasteiger partial charge in [0.05, 0.1) is 19.6 Å². The van der Waals surface area contributed by atoms with Crippen LogP contribution in [0.1, 0.15) is 106 Å². The molecule has 0 bridgehead atoms. The van der Waals surface area contributed by atoms with Crippen molar-refractivity contribution in [3.05, 3.63) is 0 Å². The number of esters is 1. The van der Waals surface area contributed by atoms with Crippen LogP contribution in [0.5, 0.6) is 0 Å². The van der Waals surface area contributed by atoms with Crippen LogP contribution in [0, 0.1) is 5.92 Å². The van der Waals surface area contributed by atoms with Gasteiger partial charge < -0.3 is 30.7 Å². The number of rotatable bonds is 20. The molecular weight excluding hydrogens is 532 g/mol. The Bertz CT molecular complexity index is 854. The van der Waals surface area contributed by atoms with E-state index in [4.69, 9.17) is 9.47 Å². The lowest BCUT2D eigenvalue weighted by Gasteiger charge is -2.25. The van der Waals surface area contributed by atoms with Gasteiger partial charge in [-0.15, -0.1) is 0 Å². The van der Waals surface area contributed by atoms with Crippen molar-refractivity contribution in [3.8, 4) is 0 Å². The normalized spacial score (nSPS) is 12.6. The molecule has 2 atom stereocenters. The number of alkyl carbamates (subject to hydrolysis) is 1. The first kappa shape index (κ1) is 37.8. The number of ketones is 1. The predicted octanol–water partition coefficient (Wildman–Crippen LogP) is 2.92. The van der Waals surface area contributed by atoms with Gasteiger partial charge in [-0.1, -0.05) is 40.0 Å². The third-order valence-corrected chi connectivity index (χ3v) is 5.86. The molecule has 4 amide bonds. The molecule has 0 heterocycles. The molecule has 0 aliphatic carbocycles. The van der Waals surface area contributed by atoms with Gasteiger partial charge in [-0.3, -0.25) is 24.0 Å². The summed E-state index contributed by atoms with van der Waals surface area (Å²) < 4.78 is 10.3. The van der Waals surface area contributed by atoms with Gasteiger partial charge in [0.15, 0.2) is 5.78 Å². The second-order valence-electron chi connectivity index (χ2n) is 11.4. The van der Waals surface area contributed by atoms with Crippen LogP contribution in [0.3, 0.4) is 0 Å². The Morgan fingerprint density at radius 2 is 1.49 bits per heavy atom. The van der Waals surface area contributed by atoms with E-state index in [0.717, 1.165) is 25.7 Å². The summed E-state index contributed by atoms with van der Waals surface area (Å²) in [5, 5.41) is 10.5. The summed E-state index contributed by atoms with van der Waals surface area (Å²) in [5.74, 6) is -2.48. The molecule has 0 aliphatic rings. The van der Waals surface area contributed by atoms with Crippen molar-refractivity contribution < 1.29 is 38.2 Å². The molecule has 0 aromatic rings. The molecular formula is C29H52N4O8. The zero-order chi connectivity index (χ0) is 31.4. The van der Waals surface area contributed by atoms with E-state index < -0.39 is 41.6 Å². The Morgan fingerprint density at radius 1 is 0.805 bits per heavy atom. The highest BCUT2D eigenvalue weighted by Gasteiger charge is 2.28. The zero-order valence-electron chi connectivity index (χ0n) is 26.0. The SMILES string of the molecule is CCCCCCOC(=O)CCC(=O)CNC(=O)[C@H](CCCCNC(=O)OC(C)(C)C)NC(=O)[C@@H](NC(C)=O)C(C)C. The second-order valence-corrected chi connectivity index (χ2v) is 11.4. The molecule has 12 nitrogen and oxygen atoms in total. The molecule has 4 N–H and O–H groups in total. The number of hydrogen-bond donors (Lipinski definition) is 4. The number of unbranched alkanes of at least 4 members (excludes halogenated alkanes) is 4. The lowest BCUT2D eigenvalue weighted by atomic mass is 10.0. The molecule has 0 saturated heterocycles. The van der Waals surface area contributed by atoms with E-state index in [2.05, 4.69) is 28.2 Å². The van der Waals surface area contributed by atoms with E-state index in [-0.39, 0.29) is 43.4 Å². The van der Waals surface area contributed by atoms with Gasteiger partial charge in [0, 0.05) is 19.9 Å². The molecule has 0 radical (unpaired) electrons. The van der Waals surface area contributed by atoms with Crippen LogP contribution >= 0.6 is 0 Å². The largest absolute Gasteiger partial charge is 0.466 e. The van der Waals surface area contributed by atoms with E-state index in [9.17, 15) is 28.8 Å². The monoisotopic (exact) mass is 584 g/mol. The first-order valence-corrected chi connectivity index (χ1v) is 14.7. The lowest BCUT2D eigenvalue weighted by molar-refractivity contribution is -0.145. The number of ether oxygens (including phenoxy) is 2. The highest BCUT2D eigenvalue weighted by molar-refractivity contribution is 5.93. The van der Waals surface area contributed by atoms with E-state index in [0.29, 0.717) is 26.0 Å². The number of carbonyl (C=O) groups excluding carboxylic acids is 6. The fourth-order valence-corrected chi connectivity index (χ4v) is 3.69. The van der Waals surface area contributed by atoms with Crippen LogP contribution in [0.25, 0.3) is 0 Å². The number of carbonyl (C=O) groups is 6. The van der Waals surface area contributed by atoms with E-state index in [1.54, 1.807) is 34.6 Å². The number of nitrogens with one attached hydrogen (secondary N) is 4. The summed E-state index contributed by atoms with van der Waals surface area (Å²) in [6, 6.07) is -1.81. The molecule has 236 valence electrons. The third kappa shape index (κ3) is 20.4. The van der Waals surface area contributed by atoms with E-state index in [1.807, 2.05) is 0 Å². The van der Waals surface area contributed by atoms with Gasteiger partial charge in [0.2, 0.25) is 17.7 Å². The van der Waals surface area contributed by atoms with Crippen molar-refractivity contribution in [3.63, 3.8) is 0 Å². The summed E-state index contributed by atoms with van der Waals surface area (Å²) >= 11 is 0. The average molecular weight is 585 g/mol. The summed E-state index contributed by atoms with van der Waals surface area (Å²) in [4.78, 5) is 73.4. The van der Waals surface area contributed by atoms with Gasteiger partial charge in [0.25, 0.3) is 0 Å².